The smallest absolute Gasteiger partial charge is 0.226 e. The van der Waals surface area contributed by atoms with Gasteiger partial charge in [0.1, 0.15) is 5.75 Å². The van der Waals surface area contributed by atoms with E-state index in [4.69, 9.17) is 5.73 Å². The van der Waals surface area contributed by atoms with E-state index in [1.54, 1.807) is 18.2 Å². The van der Waals surface area contributed by atoms with Gasteiger partial charge in [0.05, 0.1) is 6.42 Å². The van der Waals surface area contributed by atoms with Gasteiger partial charge in [-0.2, -0.15) is 0 Å². The lowest BCUT2D eigenvalue weighted by Gasteiger charge is -2.42. The topological polar surface area (TPSA) is 66.6 Å². The van der Waals surface area contributed by atoms with E-state index < -0.39 is 0 Å². The fourth-order valence-corrected chi connectivity index (χ4v) is 3.94. The molecule has 1 atom stereocenters. The van der Waals surface area contributed by atoms with Crippen LogP contribution in [0.5, 0.6) is 5.75 Å². The maximum absolute atomic E-state index is 12.4. The summed E-state index contributed by atoms with van der Waals surface area (Å²) in [5.41, 5.74) is 7.44. The van der Waals surface area contributed by atoms with Crippen molar-refractivity contribution in [1.82, 2.24) is 4.90 Å². The van der Waals surface area contributed by atoms with Gasteiger partial charge in [-0.05, 0) is 48.8 Å². The minimum absolute atomic E-state index is 0.155. The van der Waals surface area contributed by atoms with Crippen molar-refractivity contribution in [3.8, 4) is 5.75 Å². The Balaban J connectivity index is 1.58. The van der Waals surface area contributed by atoms with Crippen molar-refractivity contribution in [3.05, 3.63) is 29.8 Å². The number of carbonyl (C=O) groups excluding carboxylic acids is 1. The highest BCUT2D eigenvalue weighted by atomic mass is 16.3. The van der Waals surface area contributed by atoms with Gasteiger partial charge in [-0.3, -0.25) is 4.79 Å². The first kappa shape index (κ1) is 14.4. The van der Waals surface area contributed by atoms with E-state index in [-0.39, 0.29) is 11.7 Å². The third-order valence-electron chi connectivity index (χ3n) is 5.35. The quantitative estimate of drug-likeness (QED) is 0.875. The highest BCUT2D eigenvalue weighted by Gasteiger charge is 2.43. The van der Waals surface area contributed by atoms with Crippen LogP contribution in [0.2, 0.25) is 0 Å². The molecule has 1 saturated heterocycles. The van der Waals surface area contributed by atoms with Crippen molar-refractivity contribution in [1.29, 1.82) is 0 Å². The molecule has 1 heterocycles. The number of likely N-dealkylation sites (tertiary alicyclic amines) is 1. The number of piperidine rings is 1. The summed E-state index contributed by atoms with van der Waals surface area (Å²) < 4.78 is 0. The molecule has 0 radical (unpaired) electrons. The second-order valence-corrected chi connectivity index (χ2v) is 6.59. The highest BCUT2D eigenvalue weighted by Crippen LogP contribution is 2.45. The Morgan fingerprint density at radius 1 is 1.33 bits per heavy atom. The fraction of sp³-hybridized carbons (Fsp3) is 0.588. The van der Waals surface area contributed by atoms with E-state index in [2.05, 4.69) is 0 Å². The summed E-state index contributed by atoms with van der Waals surface area (Å²) >= 11 is 0. The van der Waals surface area contributed by atoms with Gasteiger partial charge in [0.25, 0.3) is 0 Å². The normalized spacial score (nSPS) is 24.4. The summed E-state index contributed by atoms with van der Waals surface area (Å²) in [6, 6.07) is 7.27. The first-order valence-electron chi connectivity index (χ1n) is 7.90. The number of rotatable bonds is 2. The summed E-state index contributed by atoms with van der Waals surface area (Å²) in [6.07, 6.45) is 6.05. The summed E-state index contributed by atoms with van der Waals surface area (Å²) in [4.78, 5) is 14.3. The number of nitrogens with two attached hydrogens (primary N) is 1. The van der Waals surface area contributed by atoms with Gasteiger partial charge in [-0.25, -0.2) is 0 Å². The standard InChI is InChI=1S/C17H24N2O2/c18-15-5-2-6-17(15)7-9-19(10-8-17)16(21)12-13-3-1-4-14(20)11-13/h1,3-4,11,15,20H,2,5-10,12,18H2. The van der Waals surface area contributed by atoms with Crippen LogP contribution in [0.25, 0.3) is 0 Å². The number of carbonyl (C=O) groups is 1. The second kappa shape index (κ2) is 5.68. The van der Waals surface area contributed by atoms with Crippen LogP contribution < -0.4 is 5.73 Å². The number of phenols is 1. The lowest BCUT2D eigenvalue weighted by atomic mass is 9.74. The number of benzene rings is 1. The van der Waals surface area contributed by atoms with E-state index in [1.807, 2.05) is 11.0 Å². The van der Waals surface area contributed by atoms with Crippen molar-refractivity contribution in [3.63, 3.8) is 0 Å². The molecule has 1 aromatic carbocycles. The molecular formula is C17H24N2O2. The molecule has 1 aromatic rings. The third-order valence-corrected chi connectivity index (χ3v) is 5.35. The first-order chi connectivity index (χ1) is 10.1. The van der Waals surface area contributed by atoms with Gasteiger partial charge in [0.15, 0.2) is 0 Å². The fourth-order valence-electron chi connectivity index (χ4n) is 3.94. The molecule has 1 spiro atoms. The first-order valence-corrected chi connectivity index (χ1v) is 7.90. The van der Waals surface area contributed by atoms with Gasteiger partial charge in [0, 0.05) is 19.1 Å². The van der Waals surface area contributed by atoms with Crippen LogP contribution in [0.15, 0.2) is 24.3 Å². The SMILES string of the molecule is NC1CCCC12CCN(C(=O)Cc1cccc(O)c1)CC2. The van der Waals surface area contributed by atoms with E-state index in [0.29, 0.717) is 17.9 Å². The maximum atomic E-state index is 12.4. The summed E-state index contributed by atoms with van der Waals surface area (Å²) in [5.74, 6) is 0.372. The van der Waals surface area contributed by atoms with Crippen LogP contribution in [0.3, 0.4) is 0 Å². The van der Waals surface area contributed by atoms with Crippen LogP contribution in [0.4, 0.5) is 0 Å². The van der Waals surface area contributed by atoms with Crippen LogP contribution in [-0.2, 0) is 11.2 Å². The van der Waals surface area contributed by atoms with Crippen molar-refractivity contribution in [2.75, 3.05) is 13.1 Å². The number of phenolic OH excluding ortho intramolecular Hbond substituents is 1. The van der Waals surface area contributed by atoms with Gasteiger partial charge in [0.2, 0.25) is 5.91 Å². The molecule has 1 aliphatic heterocycles. The molecule has 3 rings (SSSR count). The Morgan fingerprint density at radius 2 is 2.10 bits per heavy atom. The second-order valence-electron chi connectivity index (χ2n) is 6.59. The molecular weight excluding hydrogens is 264 g/mol. The maximum Gasteiger partial charge on any atom is 0.226 e. The zero-order chi connectivity index (χ0) is 14.9. The summed E-state index contributed by atoms with van der Waals surface area (Å²) in [6.45, 7) is 1.65. The monoisotopic (exact) mass is 288 g/mol. The van der Waals surface area contributed by atoms with Gasteiger partial charge in [-0.15, -0.1) is 0 Å². The average Bonchev–Trinajstić information content (AvgIpc) is 2.81. The number of hydrogen-bond acceptors (Lipinski definition) is 3. The Kier molecular flexibility index (Phi) is 3.89. The zero-order valence-electron chi connectivity index (χ0n) is 12.4. The molecule has 4 heteroatoms. The lowest BCUT2D eigenvalue weighted by Crippen LogP contribution is -2.48. The van der Waals surface area contributed by atoms with Crippen molar-refractivity contribution >= 4 is 5.91 Å². The Hall–Kier alpha value is -1.55. The number of amides is 1. The molecule has 3 N–H and O–H groups in total. The molecule has 4 nitrogen and oxygen atoms in total. The predicted octanol–water partition coefficient (Wildman–Crippen LogP) is 2.05. The minimum Gasteiger partial charge on any atom is -0.508 e. The zero-order valence-corrected chi connectivity index (χ0v) is 12.4. The van der Waals surface area contributed by atoms with Gasteiger partial charge >= 0.3 is 0 Å². The van der Waals surface area contributed by atoms with Crippen molar-refractivity contribution in [2.45, 2.75) is 44.6 Å². The van der Waals surface area contributed by atoms with Crippen molar-refractivity contribution < 1.29 is 9.90 Å². The predicted molar refractivity (Wildman–Crippen MR) is 81.9 cm³/mol. The molecule has 1 unspecified atom stereocenters. The van der Waals surface area contributed by atoms with E-state index >= 15 is 0 Å². The Labute approximate surface area is 125 Å². The van der Waals surface area contributed by atoms with Crippen LogP contribution in [-0.4, -0.2) is 35.0 Å². The Bertz CT molecular complexity index is 521. The van der Waals surface area contributed by atoms with Gasteiger partial charge in [-0.1, -0.05) is 18.6 Å². The molecule has 114 valence electrons. The minimum atomic E-state index is 0.155. The van der Waals surface area contributed by atoms with E-state index in [9.17, 15) is 9.90 Å². The molecule has 1 saturated carbocycles. The summed E-state index contributed by atoms with van der Waals surface area (Å²) in [5, 5.41) is 9.47. The van der Waals surface area contributed by atoms with Crippen molar-refractivity contribution in [2.24, 2.45) is 11.1 Å². The average molecular weight is 288 g/mol. The third kappa shape index (κ3) is 2.91. The number of hydrogen-bond donors (Lipinski definition) is 2. The van der Waals surface area contributed by atoms with Gasteiger partial charge < -0.3 is 15.7 Å². The molecule has 21 heavy (non-hydrogen) atoms. The lowest BCUT2D eigenvalue weighted by molar-refractivity contribution is -0.132. The van der Waals surface area contributed by atoms with E-state index in [0.717, 1.165) is 37.9 Å². The summed E-state index contributed by atoms with van der Waals surface area (Å²) in [7, 11) is 0. The molecule has 2 aliphatic rings. The molecule has 0 aromatic heterocycles. The molecule has 0 bridgehead atoms. The number of aromatic hydroxyl groups is 1. The Morgan fingerprint density at radius 3 is 2.71 bits per heavy atom. The van der Waals surface area contributed by atoms with Crippen LogP contribution >= 0.6 is 0 Å². The largest absolute Gasteiger partial charge is 0.508 e. The molecule has 1 aliphatic carbocycles. The van der Waals surface area contributed by atoms with Crippen LogP contribution in [0, 0.1) is 5.41 Å². The molecule has 2 fully saturated rings. The van der Waals surface area contributed by atoms with E-state index in [1.165, 1.54) is 12.8 Å². The highest BCUT2D eigenvalue weighted by molar-refractivity contribution is 5.79. The molecule has 1 amide bonds. The number of nitrogens with zero attached hydrogens (tertiary/aromatic N) is 1. The van der Waals surface area contributed by atoms with Crippen LogP contribution in [0.1, 0.15) is 37.7 Å².